The second-order valence-electron chi connectivity index (χ2n) is 5.52. The van der Waals surface area contributed by atoms with Crippen LogP contribution in [0.15, 0.2) is 30.3 Å². The number of nitrogens with zero attached hydrogens (tertiary/aromatic N) is 1. The maximum absolute atomic E-state index is 13.0. The van der Waals surface area contributed by atoms with Crippen molar-refractivity contribution < 1.29 is 4.39 Å². The number of aryl methyl sites for hydroxylation is 1. The van der Waals surface area contributed by atoms with Crippen LogP contribution in [0.3, 0.4) is 0 Å². The van der Waals surface area contributed by atoms with Gasteiger partial charge >= 0.3 is 0 Å². The lowest BCUT2D eigenvalue weighted by molar-refractivity contribution is 0.627. The van der Waals surface area contributed by atoms with Crippen LogP contribution in [-0.2, 0) is 13.0 Å². The fraction of sp³-hybridized carbons (Fsp3) is 0.294. The van der Waals surface area contributed by atoms with Crippen molar-refractivity contribution in [2.45, 2.75) is 26.8 Å². The molecular weight excluding hydrogens is 251 g/mol. The predicted octanol–water partition coefficient (Wildman–Crippen LogP) is 3.59. The first-order chi connectivity index (χ1) is 9.56. The molecule has 0 spiro atoms. The van der Waals surface area contributed by atoms with Crippen molar-refractivity contribution in [1.29, 1.82) is 0 Å². The van der Waals surface area contributed by atoms with Gasteiger partial charge in [-0.3, -0.25) is 0 Å². The molecule has 20 heavy (non-hydrogen) atoms. The number of nitrogens with two attached hydrogens (primary N) is 1. The number of anilines is 2. The van der Waals surface area contributed by atoms with E-state index < -0.39 is 0 Å². The molecule has 2 aromatic rings. The van der Waals surface area contributed by atoms with E-state index in [9.17, 15) is 4.39 Å². The Morgan fingerprint density at radius 1 is 1.15 bits per heavy atom. The van der Waals surface area contributed by atoms with Gasteiger partial charge in [0.15, 0.2) is 0 Å². The minimum atomic E-state index is -0.189. The van der Waals surface area contributed by atoms with Gasteiger partial charge in [-0.2, -0.15) is 0 Å². The van der Waals surface area contributed by atoms with E-state index in [1.165, 1.54) is 28.8 Å². The predicted molar refractivity (Wildman–Crippen MR) is 81.5 cm³/mol. The maximum atomic E-state index is 13.0. The fourth-order valence-electron chi connectivity index (χ4n) is 3.02. The first-order valence-corrected chi connectivity index (χ1v) is 6.94. The van der Waals surface area contributed by atoms with Crippen LogP contribution in [-0.4, -0.2) is 6.54 Å². The summed E-state index contributed by atoms with van der Waals surface area (Å²) in [5, 5.41) is 0. The zero-order chi connectivity index (χ0) is 14.3. The molecule has 104 valence electrons. The molecule has 0 atom stereocenters. The van der Waals surface area contributed by atoms with E-state index in [2.05, 4.69) is 24.8 Å². The summed E-state index contributed by atoms with van der Waals surface area (Å²) in [4.78, 5) is 2.29. The molecule has 0 saturated carbocycles. The van der Waals surface area contributed by atoms with Crippen LogP contribution >= 0.6 is 0 Å². The molecule has 0 aliphatic carbocycles. The van der Waals surface area contributed by atoms with Gasteiger partial charge in [-0.1, -0.05) is 6.07 Å². The summed E-state index contributed by atoms with van der Waals surface area (Å²) in [5.74, 6) is -0.189. The molecule has 1 aliphatic rings. The lowest BCUT2D eigenvalue weighted by Crippen LogP contribution is -2.31. The zero-order valence-electron chi connectivity index (χ0n) is 11.9. The largest absolute Gasteiger partial charge is 0.398 e. The van der Waals surface area contributed by atoms with Gasteiger partial charge in [0.2, 0.25) is 0 Å². The van der Waals surface area contributed by atoms with Crippen molar-refractivity contribution in [3.8, 4) is 0 Å². The Balaban J connectivity index is 1.94. The van der Waals surface area contributed by atoms with E-state index in [1.807, 2.05) is 12.1 Å². The zero-order valence-corrected chi connectivity index (χ0v) is 11.9. The maximum Gasteiger partial charge on any atom is 0.123 e. The van der Waals surface area contributed by atoms with Crippen molar-refractivity contribution in [3.05, 3.63) is 58.4 Å². The smallest absolute Gasteiger partial charge is 0.123 e. The Morgan fingerprint density at radius 2 is 1.85 bits per heavy atom. The number of hydrogen-bond acceptors (Lipinski definition) is 2. The van der Waals surface area contributed by atoms with Crippen molar-refractivity contribution in [1.82, 2.24) is 0 Å². The monoisotopic (exact) mass is 270 g/mol. The summed E-state index contributed by atoms with van der Waals surface area (Å²) in [6.07, 6.45) is 0.989. The van der Waals surface area contributed by atoms with Gasteiger partial charge in [0.25, 0.3) is 0 Å². The van der Waals surface area contributed by atoms with Crippen molar-refractivity contribution in [2.75, 3.05) is 17.2 Å². The lowest BCUT2D eigenvalue weighted by atomic mass is 9.91. The van der Waals surface area contributed by atoms with Gasteiger partial charge in [-0.25, -0.2) is 4.39 Å². The average molecular weight is 270 g/mol. The topological polar surface area (TPSA) is 29.3 Å². The summed E-state index contributed by atoms with van der Waals surface area (Å²) in [7, 11) is 0. The van der Waals surface area contributed by atoms with E-state index in [0.29, 0.717) is 0 Å². The first-order valence-electron chi connectivity index (χ1n) is 6.94. The number of benzene rings is 2. The third kappa shape index (κ3) is 2.13. The Hall–Kier alpha value is -2.03. The summed E-state index contributed by atoms with van der Waals surface area (Å²) < 4.78 is 13.0. The Morgan fingerprint density at radius 3 is 2.55 bits per heavy atom. The molecule has 0 radical (unpaired) electrons. The molecule has 0 fully saturated rings. The molecule has 2 nitrogen and oxygen atoms in total. The number of fused-ring (bicyclic) bond motifs is 1. The van der Waals surface area contributed by atoms with E-state index in [4.69, 9.17) is 5.73 Å². The molecule has 0 unspecified atom stereocenters. The van der Waals surface area contributed by atoms with Crippen LogP contribution in [0.4, 0.5) is 15.8 Å². The SMILES string of the molecule is Cc1cc2c(c(C)c1N)CCN(c1ccc(F)cc1)C2. The molecule has 2 N–H and O–H groups in total. The highest BCUT2D eigenvalue weighted by Gasteiger charge is 2.20. The molecule has 2 aromatic carbocycles. The van der Waals surface area contributed by atoms with Gasteiger partial charge in [-0.05, 0) is 66.8 Å². The van der Waals surface area contributed by atoms with Crippen LogP contribution < -0.4 is 10.6 Å². The minimum Gasteiger partial charge on any atom is -0.398 e. The molecular formula is C17H19FN2. The minimum absolute atomic E-state index is 0.189. The number of hydrogen-bond donors (Lipinski definition) is 1. The highest BCUT2D eigenvalue weighted by molar-refractivity contribution is 5.61. The van der Waals surface area contributed by atoms with Crippen molar-refractivity contribution in [3.63, 3.8) is 0 Å². The number of nitrogen functional groups attached to an aromatic ring is 1. The molecule has 0 bridgehead atoms. The highest BCUT2D eigenvalue weighted by Crippen LogP contribution is 2.31. The van der Waals surface area contributed by atoms with Crippen LogP contribution in [0, 0.1) is 19.7 Å². The second-order valence-corrected chi connectivity index (χ2v) is 5.52. The number of rotatable bonds is 1. The molecule has 0 aromatic heterocycles. The summed E-state index contributed by atoms with van der Waals surface area (Å²) in [6.45, 7) is 5.97. The highest BCUT2D eigenvalue weighted by atomic mass is 19.1. The first kappa shape index (κ1) is 13.0. The van der Waals surface area contributed by atoms with Crippen LogP contribution in [0.1, 0.15) is 22.3 Å². The summed E-state index contributed by atoms with van der Waals surface area (Å²) in [5.41, 5.74) is 13.2. The van der Waals surface area contributed by atoms with Gasteiger partial charge in [0.1, 0.15) is 5.82 Å². The van der Waals surface area contributed by atoms with Crippen LogP contribution in [0.5, 0.6) is 0 Å². The van der Waals surface area contributed by atoms with Crippen molar-refractivity contribution in [2.24, 2.45) is 0 Å². The molecule has 3 heteroatoms. The molecule has 3 rings (SSSR count). The molecule has 0 amide bonds. The van der Waals surface area contributed by atoms with E-state index in [0.717, 1.165) is 36.4 Å². The Kier molecular flexibility index (Phi) is 3.13. The van der Waals surface area contributed by atoms with Gasteiger partial charge < -0.3 is 10.6 Å². The summed E-state index contributed by atoms with van der Waals surface area (Å²) >= 11 is 0. The standard InChI is InChI=1S/C17H19FN2/c1-11-9-13-10-20(15-5-3-14(18)4-6-15)8-7-16(13)12(2)17(11)19/h3-6,9H,7-8,10,19H2,1-2H3. The van der Waals surface area contributed by atoms with Gasteiger partial charge in [0.05, 0.1) is 0 Å². The fourth-order valence-corrected chi connectivity index (χ4v) is 3.02. The van der Waals surface area contributed by atoms with Crippen LogP contribution in [0.2, 0.25) is 0 Å². The molecule has 0 saturated heterocycles. The van der Waals surface area contributed by atoms with Gasteiger partial charge in [-0.15, -0.1) is 0 Å². The second kappa shape index (κ2) is 4.82. The van der Waals surface area contributed by atoms with E-state index >= 15 is 0 Å². The third-order valence-electron chi connectivity index (χ3n) is 4.24. The van der Waals surface area contributed by atoms with E-state index in [1.54, 1.807) is 0 Å². The van der Waals surface area contributed by atoms with Crippen LogP contribution in [0.25, 0.3) is 0 Å². The quantitative estimate of drug-likeness (QED) is 0.802. The normalized spacial score (nSPS) is 14.2. The Labute approximate surface area is 119 Å². The molecule has 1 aliphatic heterocycles. The Bertz CT molecular complexity index is 647. The van der Waals surface area contributed by atoms with Gasteiger partial charge in [0, 0.05) is 24.5 Å². The van der Waals surface area contributed by atoms with Crippen molar-refractivity contribution >= 4 is 11.4 Å². The molecule has 1 heterocycles. The number of halogens is 1. The lowest BCUT2D eigenvalue weighted by Gasteiger charge is -2.32. The third-order valence-corrected chi connectivity index (χ3v) is 4.24. The van der Waals surface area contributed by atoms with E-state index in [-0.39, 0.29) is 5.82 Å². The average Bonchev–Trinajstić information content (AvgIpc) is 2.45. The summed E-state index contributed by atoms with van der Waals surface area (Å²) in [6, 6.07) is 8.91.